The quantitative estimate of drug-likeness (QED) is 0.596. The molecule has 54 valence electrons. The lowest BCUT2D eigenvalue weighted by molar-refractivity contribution is 0.417. The van der Waals surface area contributed by atoms with E-state index in [-0.39, 0.29) is 0 Å². The third-order valence-electron chi connectivity index (χ3n) is 1.79. The Morgan fingerprint density at radius 1 is 1.80 bits per heavy atom. The molecule has 0 radical (unpaired) electrons. The van der Waals surface area contributed by atoms with Gasteiger partial charge in [-0.25, -0.2) is 0 Å². The smallest absolute Gasteiger partial charge is 0.115 e. The van der Waals surface area contributed by atoms with Crippen LogP contribution in [0.2, 0.25) is 0 Å². The summed E-state index contributed by atoms with van der Waals surface area (Å²) in [6.07, 6.45) is 1.59. The average molecular weight is 154 g/mol. The molecule has 0 saturated carbocycles. The minimum Gasteiger partial charge on any atom is -0.367 e. The number of thiophene rings is 1. The molecule has 0 amide bonds. The first-order chi connectivity index (χ1) is 4.92. The molecule has 2 heterocycles. The molecule has 1 aromatic rings. The molecule has 0 aromatic carbocycles. The maximum absolute atomic E-state index is 5.21. The Balaban J connectivity index is 2.28. The van der Waals surface area contributed by atoms with Crippen LogP contribution in [0.25, 0.3) is 0 Å². The molecule has 1 atom stereocenters. The average Bonchev–Trinajstić information content (AvgIpc) is 2.69. The highest BCUT2D eigenvalue weighted by Gasteiger charge is 2.27. The lowest BCUT2D eigenvalue weighted by Crippen LogP contribution is -1.81. The van der Waals surface area contributed by atoms with Crippen molar-refractivity contribution in [2.45, 2.75) is 19.4 Å². The van der Waals surface area contributed by atoms with Crippen molar-refractivity contribution in [2.24, 2.45) is 0 Å². The van der Waals surface area contributed by atoms with Gasteiger partial charge in [-0.05, 0) is 23.4 Å². The van der Waals surface area contributed by atoms with Gasteiger partial charge < -0.3 is 4.74 Å². The summed E-state index contributed by atoms with van der Waals surface area (Å²) in [7, 11) is 0. The van der Waals surface area contributed by atoms with E-state index >= 15 is 0 Å². The second-order valence-electron chi connectivity index (χ2n) is 2.49. The normalized spacial score (nSPS) is 23.1. The van der Waals surface area contributed by atoms with E-state index in [1.807, 2.05) is 11.3 Å². The highest BCUT2D eigenvalue weighted by atomic mass is 32.1. The van der Waals surface area contributed by atoms with Gasteiger partial charge in [-0.2, -0.15) is 0 Å². The minimum atomic E-state index is 0.454. The molecule has 1 aliphatic rings. The van der Waals surface area contributed by atoms with Crippen LogP contribution in [0.3, 0.4) is 0 Å². The summed E-state index contributed by atoms with van der Waals surface area (Å²) in [6, 6.07) is 2.20. The van der Waals surface area contributed by atoms with E-state index < -0.39 is 0 Å². The Bertz CT molecular complexity index is 225. The minimum absolute atomic E-state index is 0.454. The van der Waals surface area contributed by atoms with E-state index in [1.54, 1.807) is 0 Å². The van der Waals surface area contributed by atoms with Crippen molar-refractivity contribution in [3.63, 3.8) is 0 Å². The fraction of sp³-hybridized carbons (Fsp3) is 0.500. The van der Waals surface area contributed by atoms with E-state index in [4.69, 9.17) is 4.74 Å². The Morgan fingerprint density at radius 2 is 2.60 bits per heavy atom. The number of ether oxygens (including phenoxy) is 1. The van der Waals surface area contributed by atoms with Crippen molar-refractivity contribution in [3.8, 4) is 0 Å². The van der Waals surface area contributed by atoms with Crippen LogP contribution in [0.4, 0.5) is 0 Å². The molecule has 0 spiro atoms. The number of hydrogen-bond acceptors (Lipinski definition) is 2. The van der Waals surface area contributed by atoms with Gasteiger partial charge in [-0.15, -0.1) is 11.3 Å². The van der Waals surface area contributed by atoms with Crippen LogP contribution in [-0.2, 0) is 11.2 Å². The Hall–Kier alpha value is -0.340. The molecule has 2 heteroatoms. The first-order valence-corrected chi connectivity index (χ1v) is 4.47. The molecule has 0 N–H and O–H groups in total. The first kappa shape index (κ1) is 6.38. The highest BCUT2D eigenvalue weighted by Crippen LogP contribution is 2.36. The van der Waals surface area contributed by atoms with Crippen LogP contribution < -0.4 is 0 Å². The van der Waals surface area contributed by atoms with Crippen LogP contribution >= 0.6 is 11.3 Å². The van der Waals surface area contributed by atoms with Gasteiger partial charge in [-0.3, -0.25) is 0 Å². The summed E-state index contributed by atoms with van der Waals surface area (Å²) in [6.45, 7) is 3.13. The molecule has 0 unspecified atom stereocenters. The molecule has 10 heavy (non-hydrogen) atoms. The van der Waals surface area contributed by atoms with Gasteiger partial charge in [0, 0.05) is 4.88 Å². The van der Waals surface area contributed by atoms with Gasteiger partial charge in [-0.1, -0.05) is 6.92 Å². The standard InChI is InChI=1S/C8H10OS/c1-2-6-3-4-10-8(6)7-5-9-7/h3-4,7H,2,5H2,1H3/t7-/m0/s1. The molecule has 0 bridgehead atoms. The Kier molecular flexibility index (Phi) is 1.51. The summed E-state index contributed by atoms with van der Waals surface area (Å²) in [5, 5.41) is 2.15. The van der Waals surface area contributed by atoms with E-state index in [9.17, 15) is 0 Å². The Labute approximate surface area is 64.6 Å². The molecule has 1 nitrogen and oxygen atoms in total. The third-order valence-corrected chi connectivity index (χ3v) is 2.84. The maximum Gasteiger partial charge on any atom is 0.115 e. The second-order valence-corrected chi connectivity index (χ2v) is 3.43. The highest BCUT2D eigenvalue weighted by molar-refractivity contribution is 7.10. The Morgan fingerprint density at radius 3 is 3.20 bits per heavy atom. The van der Waals surface area contributed by atoms with Gasteiger partial charge in [0.2, 0.25) is 0 Å². The van der Waals surface area contributed by atoms with Crippen molar-refractivity contribution in [3.05, 3.63) is 21.9 Å². The predicted octanol–water partition coefficient (Wildman–Crippen LogP) is 2.38. The molecule has 1 aliphatic heterocycles. The lowest BCUT2D eigenvalue weighted by atomic mass is 10.2. The molecule has 1 saturated heterocycles. The van der Waals surface area contributed by atoms with E-state index in [0.29, 0.717) is 6.10 Å². The van der Waals surface area contributed by atoms with Gasteiger partial charge in [0.25, 0.3) is 0 Å². The maximum atomic E-state index is 5.21. The lowest BCUT2D eigenvalue weighted by Gasteiger charge is -1.93. The predicted molar refractivity (Wildman–Crippen MR) is 42.4 cm³/mol. The van der Waals surface area contributed by atoms with Gasteiger partial charge in [0.05, 0.1) is 6.61 Å². The summed E-state index contributed by atoms with van der Waals surface area (Å²) < 4.78 is 5.21. The van der Waals surface area contributed by atoms with Crippen molar-refractivity contribution in [2.75, 3.05) is 6.61 Å². The first-order valence-electron chi connectivity index (χ1n) is 3.59. The van der Waals surface area contributed by atoms with E-state index in [2.05, 4.69) is 18.4 Å². The summed E-state index contributed by atoms with van der Waals surface area (Å²) >= 11 is 1.82. The number of hydrogen-bond donors (Lipinski definition) is 0. The van der Waals surface area contributed by atoms with Crippen molar-refractivity contribution in [1.29, 1.82) is 0 Å². The van der Waals surface area contributed by atoms with Crippen molar-refractivity contribution < 1.29 is 4.74 Å². The fourth-order valence-corrected chi connectivity index (χ4v) is 2.15. The van der Waals surface area contributed by atoms with E-state index in [0.717, 1.165) is 13.0 Å². The zero-order valence-electron chi connectivity index (χ0n) is 5.96. The van der Waals surface area contributed by atoms with Crippen LogP contribution in [0.5, 0.6) is 0 Å². The largest absolute Gasteiger partial charge is 0.367 e. The van der Waals surface area contributed by atoms with Crippen LogP contribution in [0.1, 0.15) is 23.5 Å². The second kappa shape index (κ2) is 2.36. The summed E-state index contributed by atoms with van der Waals surface area (Å²) in [4.78, 5) is 1.45. The van der Waals surface area contributed by atoms with Gasteiger partial charge in [0.15, 0.2) is 0 Å². The molecule has 1 fully saturated rings. The monoisotopic (exact) mass is 154 g/mol. The summed E-state index contributed by atoms with van der Waals surface area (Å²) in [5.41, 5.74) is 1.47. The number of rotatable bonds is 2. The van der Waals surface area contributed by atoms with E-state index in [1.165, 1.54) is 10.4 Å². The van der Waals surface area contributed by atoms with Gasteiger partial charge in [0.1, 0.15) is 6.10 Å². The third kappa shape index (κ3) is 0.976. The molecular weight excluding hydrogens is 144 g/mol. The molecule has 0 aliphatic carbocycles. The number of aryl methyl sites for hydroxylation is 1. The number of epoxide rings is 1. The van der Waals surface area contributed by atoms with Crippen molar-refractivity contribution in [1.82, 2.24) is 0 Å². The van der Waals surface area contributed by atoms with Crippen LogP contribution in [0.15, 0.2) is 11.4 Å². The zero-order valence-corrected chi connectivity index (χ0v) is 6.78. The molecule has 2 rings (SSSR count). The zero-order chi connectivity index (χ0) is 6.97. The van der Waals surface area contributed by atoms with Gasteiger partial charge >= 0.3 is 0 Å². The van der Waals surface area contributed by atoms with Crippen LogP contribution in [-0.4, -0.2) is 6.61 Å². The molecule has 1 aromatic heterocycles. The SMILES string of the molecule is CCc1ccsc1[C@@H]1CO1. The van der Waals surface area contributed by atoms with Crippen LogP contribution in [0, 0.1) is 0 Å². The van der Waals surface area contributed by atoms with Crippen molar-refractivity contribution >= 4 is 11.3 Å². The molecular formula is C8H10OS. The fourth-order valence-electron chi connectivity index (χ4n) is 1.12. The summed E-state index contributed by atoms with van der Waals surface area (Å²) in [5.74, 6) is 0. The topological polar surface area (TPSA) is 12.5 Å².